The maximum atomic E-state index is 11.5. The van der Waals surface area contributed by atoms with Crippen molar-refractivity contribution in [1.29, 1.82) is 0 Å². The molecular weight excluding hydrogens is 212 g/mol. The Balaban J connectivity index is 2.26. The molecule has 0 amide bonds. The number of nitrogen functional groups attached to an aromatic ring is 1. The van der Waals surface area contributed by atoms with Crippen LogP contribution < -0.4 is 10.6 Å². The van der Waals surface area contributed by atoms with Gasteiger partial charge in [0, 0.05) is 30.0 Å². The van der Waals surface area contributed by atoms with Gasteiger partial charge in [-0.2, -0.15) is 0 Å². The first-order valence-corrected chi connectivity index (χ1v) is 6.23. The molecule has 0 saturated heterocycles. The van der Waals surface area contributed by atoms with Gasteiger partial charge in [0.05, 0.1) is 0 Å². The Morgan fingerprint density at radius 1 is 1.35 bits per heavy atom. The minimum atomic E-state index is 0.0316. The largest absolute Gasteiger partial charge is 0.398 e. The van der Waals surface area contributed by atoms with Gasteiger partial charge in [-0.25, -0.2) is 0 Å². The van der Waals surface area contributed by atoms with E-state index >= 15 is 0 Å². The summed E-state index contributed by atoms with van der Waals surface area (Å²) in [5.74, 6) is 0.0316. The highest BCUT2D eigenvalue weighted by molar-refractivity contribution is 6.00. The smallest absolute Gasteiger partial charge is 0.161 e. The fraction of sp³-hybridized carbons (Fsp3) is 0.500. The van der Waals surface area contributed by atoms with Crippen molar-refractivity contribution < 1.29 is 4.79 Å². The zero-order valence-electron chi connectivity index (χ0n) is 10.6. The second-order valence-electron chi connectivity index (χ2n) is 4.88. The SMILES string of the molecule is CC(=O)c1cc(N(C)C2CCCC2)ccc1N. The van der Waals surface area contributed by atoms with Crippen molar-refractivity contribution in [3.05, 3.63) is 23.8 Å². The van der Waals surface area contributed by atoms with Crippen molar-refractivity contribution in [1.82, 2.24) is 0 Å². The highest BCUT2D eigenvalue weighted by atomic mass is 16.1. The Bertz CT molecular complexity index is 422. The summed E-state index contributed by atoms with van der Waals surface area (Å²) >= 11 is 0. The van der Waals surface area contributed by atoms with Crippen molar-refractivity contribution in [3.8, 4) is 0 Å². The second-order valence-corrected chi connectivity index (χ2v) is 4.88. The molecule has 0 heterocycles. The van der Waals surface area contributed by atoms with Gasteiger partial charge in [-0.05, 0) is 38.0 Å². The molecule has 3 nitrogen and oxygen atoms in total. The average Bonchev–Trinajstić information content (AvgIpc) is 2.81. The van der Waals surface area contributed by atoms with Crippen molar-refractivity contribution in [2.75, 3.05) is 17.7 Å². The van der Waals surface area contributed by atoms with E-state index in [4.69, 9.17) is 5.73 Å². The third-order valence-electron chi connectivity index (χ3n) is 3.70. The van der Waals surface area contributed by atoms with E-state index in [9.17, 15) is 4.79 Å². The van der Waals surface area contributed by atoms with Crippen LogP contribution in [-0.4, -0.2) is 18.9 Å². The monoisotopic (exact) mass is 232 g/mol. The summed E-state index contributed by atoms with van der Waals surface area (Å²) in [6, 6.07) is 6.35. The molecule has 92 valence electrons. The van der Waals surface area contributed by atoms with Crippen LogP contribution in [0.4, 0.5) is 11.4 Å². The van der Waals surface area contributed by atoms with Crippen LogP contribution in [0.1, 0.15) is 43.0 Å². The van der Waals surface area contributed by atoms with Crippen LogP contribution >= 0.6 is 0 Å². The Morgan fingerprint density at radius 3 is 2.59 bits per heavy atom. The maximum absolute atomic E-state index is 11.5. The second kappa shape index (κ2) is 4.78. The fourth-order valence-corrected chi connectivity index (χ4v) is 2.57. The number of rotatable bonds is 3. The highest BCUT2D eigenvalue weighted by Gasteiger charge is 2.20. The molecule has 2 N–H and O–H groups in total. The van der Waals surface area contributed by atoms with Gasteiger partial charge < -0.3 is 10.6 Å². The molecule has 0 aliphatic heterocycles. The summed E-state index contributed by atoms with van der Waals surface area (Å²) in [5.41, 5.74) is 8.10. The summed E-state index contributed by atoms with van der Waals surface area (Å²) in [4.78, 5) is 13.7. The number of carbonyl (C=O) groups excluding carboxylic acids is 1. The van der Waals surface area contributed by atoms with E-state index in [0.29, 0.717) is 17.3 Å². The third-order valence-corrected chi connectivity index (χ3v) is 3.70. The van der Waals surface area contributed by atoms with E-state index in [1.54, 1.807) is 6.92 Å². The number of hydrogen-bond donors (Lipinski definition) is 1. The van der Waals surface area contributed by atoms with Crippen LogP contribution in [-0.2, 0) is 0 Å². The van der Waals surface area contributed by atoms with Crippen LogP contribution in [0.15, 0.2) is 18.2 Å². The predicted octanol–water partition coefficient (Wildman–Crippen LogP) is 2.85. The molecule has 0 bridgehead atoms. The van der Waals surface area contributed by atoms with E-state index in [0.717, 1.165) is 5.69 Å². The Kier molecular flexibility index (Phi) is 3.36. The number of hydrogen-bond acceptors (Lipinski definition) is 3. The first-order valence-electron chi connectivity index (χ1n) is 6.23. The summed E-state index contributed by atoms with van der Waals surface area (Å²) in [6.45, 7) is 1.56. The molecular formula is C14H20N2O. The summed E-state index contributed by atoms with van der Waals surface area (Å²) in [5, 5.41) is 0. The molecule has 2 rings (SSSR count). The van der Waals surface area contributed by atoms with E-state index in [1.807, 2.05) is 18.2 Å². The normalized spacial score (nSPS) is 16.1. The zero-order valence-corrected chi connectivity index (χ0v) is 10.6. The lowest BCUT2D eigenvalue weighted by Crippen LogP contribution is -2.28. The van der Waals surface area contributed by atoms with Crippen LogP contribution in [0, 0.1) is 0 Å². The van der Waals surface area contributed by atoms with Crippen LogP contribution in [0.25, 0.3) is 0 Å². The van der Waals surface area contributed by atoms with Gasteiger partial charge >= 0.3 is 0 Å². The molecule has 0 unspecified atom stereocenters. The highest BCUT2D eigenvalue weighted by Crippen LogP contribution is 2.28. The number of nitrogens with zero attached hydrogens (tertiary/aromatic N) is 1. The standard InChI is InChI=1S/C14H20N2O/c1-10(17)13-9-12(7-8-14(13)15)16(2)11-5-3-4-6-11/h7-9,11H,3-6,15H2,1-2H3. The molecule has 1 saturated carbocycles. The maximum Gasteiger partial charge on any atom is 0.161 e. The number of Topliss-reactive ketones (excluding diaryl/α,β-unsaturated/α-hetero) is 1. The van der Waals surface area contributed by atoms with Crippen molar-refractivity contribution in [2.24, 2.45) is 0 Å². The van der Waals surface area contributed by atoms with E-state index in [2.05, 4.69) is 11.9 Å². The van der Waals surface area contributed by atoms with Gasteiger partial charge in [-0.3, -0.25) is 4.79 Å². The Hall–Kier alpha value is -1.51. The van der Waals surface area contributed by atoms with E-state index in [1.165, 1.54) is 25.7 Å². The predicted molar refractivity (Wildman–Crippen MR) is 71.5 cm³/mol. The van der Waals surface area contributed by atoms with Gasteiger partial charge in [0.15, 0.2) is 5.78 Å². The topological polar surface area (TPSA) is 46.3 Å². The lowest BCUT2D eigenvalue weighted by molar-refractivity contribution is 0.101. The molecule has 3 heteroatoms. The Morgan fingerprint density at radius 2 is 2.00 bits per heavy atom. The molecule has 0 spiro atoms. The fourth-order valence-electron chi connectivity index (χ4n) is 2.57. The molecule has 0 radical (unpaired) electrons. The zero-order chi connectivity index (χ0) is 12.4. The van der Waals surface area contributed by atoms with Gasteiger partial charge in [-0.15, -0.1) is 0 Å². The minimum Gasteiger partial charge on any atom is -0.398 e. The lowest BCUT2D eigenvalue weighted by Gasteiger charge is -2.27. The summed E-state index contributed by atoms with van der Waals surface area (Å²) in [6.07, 6.45) is 5.11. The van der Waals surface area contributed by atoms with E-state index < -0.39 is 0 Å². The van der Waals surface area contributed by atoms with Crippen LogP contribution in [0.5, 0.6) is 0 Å². The van der Waals surface area contributed by atoms with Gasteiger partial charge in [0.1, 0.15) is 0 Å². The molecule has 1 fully saturated rings. The first kappa shape index (κ1) is 12.0. The summed E-state index contributed by atoms with van der Waals surface area (Å²) < 4.78 is 0. The number of ketones is 1. The van der Waals surface area contributed by atoms with Gasteiger partial charge in [-0.1, -0.05) is 12.8 Å². The molecule has 0 aromatic heterocycles. The molecule has 17 heavy (non-hydrogen) atoms. The van der Waals surface area contributed by atoms with Crippen LogP contribution in [0.2, 0.25) is 0 Å². The number of benzene rings is 1. The summed E-state index contributed by atoms with van der Waals surface area (Å²) in [7, 11) is 2.10. The number of nitrogens with two attached hydrogens (primary N) is 1. The molecule has 1 aromatic carbocycles. The molecule has 0 atom stereocenters. The van der Waals surface area contributed by atoms with Crippen molar-refractivity contribution >= 4 is 17.2 Å². The van der Waals surface area contributed by atoms with Crippen molar-refractivity contribution in [2.45, 2.75) is 38.6 Å². The van der Waals surface area contributed by atoms with Crippen LogP contribution in [0.3, 0.4) is 0 Å². The quantitative estimate of drug-likeness (QED) is 0.644. The average molecular weight is 232 g/mol. The third kappa shape index (κ3) is 2.43. The molecule has 1 aliphatic carbocycles. The van der Waals surface area contributed by atoms with Gasteiger partial charge in [0.25, 0.3) is 0 Å². The van der Waals surface area contributed by atoms with E-state index in [-0.39, 0.29) is 5.78 Å². The number of carbonyl (C=O) groups is 1. The first-order chi connectivity index (χ1) is 8.09. The lowest BCUT2D eigenvalue weighted by atomic mass is 10.1. The van der Waals surface area contributed by atoms with Crippen molar-refractivity contribution in [3.63, 3.8) is 0 Å². The number of anilines is 2. The molecule has 1 aliphatic rings. The Labute approximate surface area is 103 Å². The molecule has 1 aromatic rings. The minimum absolute atomic E-state index is 0.0316. The van der Waals surface area contributed by atoms with Gasteiger partial charge in [0.2, 0.25) is 0 Å².